The van der Waals surface area contributed by atoms with Gasteiger partial charge in [0.25, 0.3) is 11.8 Å². The highest BCUT2D eigenvalue weighted by molar-refractivity contribution is 6.36. The minimum Gasteiger partial charge on any atom is -0.494 e. The average Bonchev–Trinajstić information content (AvgIpc) is 2.97. The summed E-state index contributed by atoms with van der Waals surface area (Å²) in [6.07, 6.45) is 0.0409. The van der Waals surface area contributed by atoms with Gasteiger partial charge in [-0.05, 0) is 50.6 Å². The fraction of sp³-hybridized carbons (Fsp3) is 0.333. The molecule has 7 nitrogen and oxygen atoms in total. The maximum atomic E-state index is 13.2. The van der Waals surface area contributed by atoms with Crippen molar-refractivity contribution >= 4 is 23.1 Å². The number of carbonyl (C=O) groups is 2. The van der Waals surface area contributed by atoms with Gasteiger partial charge in [-0.15, -0.1) is 0 Å². The van der Waals surface area contributed by atoms with Crippen LogP contribution in [0, 0.1) is 0 Å². The molecule has 31 heavy (non-hydrogen) atoms. The van der Waals surface area contributed by atoms with Gasteiger partial charge in [-0.25, -0.2) is 0 Å². The number of rotatable bonds is 10. The molecule has 1 heterocycles. The van der Waals surface area contributed by atoms with Gasteiger partial charge < -0.3 is 19.5 Å². The van der Waals surface area contributed by atoms with Crippen LogP contribution in [0.5, 0.6) is 11.5 Å². The highest BCUT2D eigenvalue weighted by Crippen LogP contribution is 2.32. The van der Waals surface area contributed by atoms with E-state index < -0.39 is 0 Å². The monoisotopic (exact) mass is 424 g/mol. The van der Waals surface area contributed by atoms with E-state index in [0.29, 0.717) is 34.9 Å². The van der Waals surface area contributed by atoms with Gasteiger partial charge in [0.2, 0.25) is 0 Å². The first kappa shape index (κ1) is 22.4. The second-order valence-electron chi connectivity index (χ2n) is 7.28. The number of hydrogen-bond acceptors (Lipinski definition) is 6. The molecular weight excluding hydrogens is 396 g/mol. The molecule has 1 aliphatic heterocycles. The Morgan fingerprint density at radius 3 is 2.39 bits per heavy atom. The number of benzene rings is 2. The molecule has 2 aromatic rings. The van der Waals surface area contributed by atoms with Gasteiger partial charge in [0.05, 0.1) is 31.4 Å². The molecular formula is C24H28N2O5. The Kier molecular flexibility index (Phi) is 7.31. The van der Waals surface area contributed by atoms with Gasteiger partial charge in [0, 0.05) is 18.9 Å². The summed E-state index contributed by atoms with van der Waals surface area (Å²) in [7, 11) is 1.53. The highest BCUT2D eigenvalue weighted by Gasteiger charge is 2.39. The molecule has 0 fully saturated rings. The number of nitrogens with zero attached hydrogens (tertiary/aromatic N) is 1. The van der Waals surface area contributed by atoms with Crippen LogP contribution in [0.1, 0.15) is 26.3 Å². The first-order valence-corrected chi connectivity index (χ1v) is 10.3. The van der Waals surface area contributed by atoms with Gasteiger partial charge >= 0.3 is 0 Å². The minimum atomic E-state index is -0.388. The summed E-state index contributed by atoms with van der Waals surface area (Å²) in [6, 6.07) is 14.5. The van der Waals surface area contributed by atoms with Crippen LogP contribution in [0.2, 0.25) is 0 Å². The zero-order valence-corrected chi connectivity index (χ0v) is 18.3. The molecule has 0 saturated heterocycles. The van der Waals surface area contributed by atoms with E-state index in [-0.39, 0.29) is 36.8 Å². The number of nitrogens with one attached hydrogen (secondary N) is 1. The van der Waals surface area contributed by atoms with Gasteiger partial charge in [-0.2, -0.15) is 0 Å². The van der Waals surface area contributed by atoms with Crippen molar-refractivity contribution in [1.29, 1.82) is 0 Å². The molecule has 3 rings (SSSR count). The van der Waals surface area contributed by atoms with Crippen molar-refractivity contribution < 1.29 is 23.8 Å². The van der Waals surface area contributed by atoms with E-state index in [1.54, 1.807) is 30.3 Å². The van der Waals surface area contributed by atoms with E-state index in [9.17, 15) is 9.59 Å². The zero-order chi connectivity index (χ0) is 22.4. The Labute approximate surface area is 182 Å². The largest absolute Gasteiger partial charge is 0.494 e. The summed E-state index contributed by atoms with van der Waals surface area (Å²) >= 11 is 0. The van der Waals surface area contributed by atoms with Crippen molar-refractivity contribution in [3.63, 3.8) is 0 Å². The van der Waals surface area contributed by atoms with Gasteiger partial charge in [0.1, 0.15) is 17.2 Å². The molecule has 7 heteroatoms. The number of methoxy groups -OCH3 is 1. The molecule has 2 amide bonds. The molecule has 0 spiro atoms. The zero-order valence-electron chi connectivity index (χ0n) is 18.3. The molecule has 1 N–H and O–H groups in total. The lowest BCUT2D eigenvalue weighted by Gasteiger charge is -2.14. The highest BCUT2D eigenvalue weighted by atomic mass is 16.5. The lowest BCUT2D eigenvalue weighted by Crippen LogP contribution is -2.35. The average molecular weight is 424 g/mol. The van der Waals surface area contributed by atoms with Crippen molar-refractivity contribution in [2.24, 2.45) is 0 Å². The fourth-order valence-corrected chi connectivity index (χ4v) is 3.29. The third-order valence-electron chi connectivity index (χ3n) is 4.62. The van der Waals surface area contributed by atoms with Crippen LogP contribution < -0.4 is 14.8 Å². The molecule has 0 unspecified atom stereocenters. The quantitative estimate of drug-likeness (QED) is 0.586. The van der Waals surface area contributed by atoms with E-state index in [1.807, 2.05) is 39.0 Å². The number of carbonyl (C=O) groups excluding carboxylic acids is 2. The first-order chi connectivity index (χ1) is 14.9. The van der Waals surface area contributed by atoms with Crippen LogP contribution >= 0.6 is 0 Å². The predicted octanol–water partition coefficient (Wildman–Crippen LogP) is 3.71. The van der Waals surface area contributed by atoms with Crippen molar-refractivity contribution in [2.45, 2.75) is 26.9 Å². The maximum absolute atomic E-state index is 13.2. The van der Waals surface area contributed by atoms with Crippen LogP contribution in [0.4, 0.5) is 5.69 Å². The summed E-state index contributed by atoms with van der Waals surface area (Å²) in [5, 5.41) is 3.14. The number of hydrogen-bond donors (Lipinski definition) is 1. The normalized spacial score (nSPS) is 13.9. The van der Waals surface area contributed by atoms with E-state index in [4.69, 9.17) is 14.2 Å². The van der Waals surface area contributed by atoms with Crippen molar-refractivity contribution in [3.8, 4) is 11.5 Å². The standard InChI is InChI=1S/C24H28N2O5/c1-5-30-20-8-6-7-18(15-20)25-22-21(23(27)26(24(22)28)13-14-29-4)17-9-11-19(12-10-17)31-16(2)3/h6-12,15-16,25H,5,13-14H2,1-4H3. The molecule has 0 aromatic heterocycles. The number of imide groups is 1. The second kappa shape index (κ2) is 10.1. The van der Waals surface area contributed by atoms with E-state index in [1.165, 1.54) is 12.0 Å². The number of ether oxygens (including phenoxy) is 3. The Bertz CT molecular complexity index is 966. The molecule has 1 aliphatic rings. The molecule has 0 aliphatic carbocycles. The van der Waals surface area contributed by atoms with Crippen LogP contribution in [-0.4, -0.2) is 49.7 Å². The fourth-order valence-electron chi connectivity index (χ4n) is 3.29. The topological polar surface area (TPSA) is 77.1 Å². The van der Waals surface area contributed by atoms with E-state index in [2.05, 4.69) is 5.32 Å². The first-order valence-electron chi connectivity index (χ1n) is 10.3. The maximum Gasteiger partial charge on any atom is 0.278 e. The summed E-state index contributed by atoms with van der Waals surface area (Å²) in [5.41, 5.74) is 1.84. The molecule has 0 saturated carbocycles. The van der Waals surface area contributed by atoms with Crippen molar-refractivity contribution in [3.05, 3.63) is 59.8 Å². The summed E-state index contributed by atoms with van der Waals surface area (Å²) in [5.74, 6) is 0.633. The Morgan fingerprint density at radius 2 is 1.74 bits per heavy atom. The molecule has 2 aromatic carbocycles. The lowest BCUT2D eigenvalue weighted by atomic mass is 10.0. The number of anilines is 1. The third-order valence-corrected chi connectivity index (χ3v) is 4.62. The molecule has 0 bridgehead atoms. The molecule has 164 valence electrons. The van der Waals surface area contributed by atoms with Gasteiger partial charge in [-0.1, -0.05) is 18.2 Å². The third kappa shape index (κ3) is 5.24. The van der Waals surface area contributed by atoms with Gasteiger partial charge in [-0.3, -0.25) is 14.5 Å². The minimum absolute atomic E-state index is 0.0409. The van der Waals surface area contributed by atoms with Crippen molar-refractivity contribution in [1.82, 2.24) is 4.90 Å². The Balaban J connectivity index is 1.98. The molecule has 0 radical (unpaired) electrons. The summed E-state index contributed by atoms with van der Waals surface area (Å²) < 4.78 is 16.3. The summed E-state index contributed by atoms with van der Waals surface area (Å²) in [4.78, 5) is 27.5. The smallest absolute Gasteiger partial charge is 0.278 e. The Morgan fingerprint density at radius 1 is 1.00 bits per heavy atom. The predicted molar refractivity (Wildman–Crippen MR) is 119 cm³/mol. The van der Waals surface area contributed by atoms with E-state index in [0.717, 1.165) is 0 Å². The SMILES string of the molecule is CCOc1cccc(NC2=C(c3ccc(OC(C)C)cc3)C(=O)N(CCOC)C2=O)c1. The van der Waals surface area contributed by atoms with Crippen LogP contribution in [0.15, 0.2) is 54.2 Å². The Hall–Kier alpha value is -3.32. The van der Waals surface area contributed by atoms with Gasteiger partial charge in [0.15, 0.2) is 0 Å². The van der Waals surface area contributed by atoms with Crippen molar-refractivity contribution in [2.75, 3.05) is 32.2 Å². The van der Waals surface area contributed by atoms with E-state index >= 15 is 0 Å². The van der Waals surface area contributed by atoms with Crippen LogP contribution in [0.25, 0.3) is 5.57 Å². The number of amides is 2. The second-order valence-corrected chi connectivity index (χ2v) is 7.28. The van der Waals surface area contributed by atoms with Crippen LogP contribution in [-0.2, 0) is 14.3 Å². The lowest BCUT2D eigenvalue weighted by molar-refractivity contribution is -0.137. The molecule has 0 atom stereocenters. The van der Waals surface area contributed by atoms with Crippen LogP contribution in [0.3, 0.4) is 0 Å². The summed E-state index contributed by atoms with van der Waals surface area (Å²) in [6.45, 7) is 6.77.